The van der Waals surface area contributed by atoms with Gasteiger partial charge in [0, 0.05) is 19.2 Å². The zero-order valence-corrected chi connectivity index (χ0v) is 15.3. The smallest absolute Gasteiger partial charge is 0.254 e. The van der Waals surface area contributed by atoms with Crippen molar-refractivity contribution in [3.8, 4) is 11.5 Å². The molecule has 128 valence electrons. The minimum absolute atomic E-state index is 0.123. The minimum atomic E-state index is -0.123. The molecule has 0 atom stereocenters. The third kappa shape index (κ3) is 4.34. The fourth-order valence-electron chi connectivity index (χ4n) is 2.28. The monoisotopic (exact) mass is 367 g/mol. The van der Waals surface area contributed by atoms with Gasteiger partial charge in [-0.2, -0.15) is 0 Å². The molecule has 0 N–H and O–H groups in total. The number of carbonyl (C=O) groups is 1. The molecule has 0 aliphatic heterocycles. The van der Waals surface area contributed by atoms with Crippen LogP contribution in [0.5, 0.6) is 11.5 Å². The molecule has 0 aliphatic carbocycles. The van der Waals surface area contributed by atoms with Gasteiger partial charge in [-0.3, -0.25) is 4.79 Å². The Morgan fingerprint density at radius 1 is 1.08 bits per heavy atom. The van der Waals surface area contributed by atoms with Crippen molar-refractivity contribution in [1.82, 2.24) is 4.90 Å². The number of amides is 1. The van der Waals surface area contributed by atoms with Crippen molar-refractivity contribution in [2.45, 2.75) is 13.5 Å². The van der Waals surface area contributed by atoms with Crippen molar-refractivity contribution in [3.05, 3.63) is 57.6 Å². The van der Waals surface area contributed by atoms with Crippen LogP contribution < -0.4 is 9.47 Å². The summed E-state index contributed by atoms with van der Waals surface area (Å²) in [6.45, 7) is 2.84. The molecule has 24 heavy (non-hydrogen) atoms. The summed E-state index contributed by atoms with van der Waals surface area (Å²) in [7, 11) is 3.28. The molecular weight excluding hydrogens is 349 g/mol. The van der Waals surface area contributed by atoms with Gasteiger partial charge >= 0.3 is 0 Å². The molecule has 0 bridgehead atoms. The molecule has 0 heterocycles. The molecule has 0 unspecified atom stereocenters. The second-order valence-corrected chi connectivity index (χ2v) is 6.02. The first-order valence-electron chi connectivity index (χ1n) is 7.46. The lowest BCUT2D eigenvalue weighted by molar-refractivity contribution is 0.0784. The number of halogens is 2. The third-order valence-corrected chi connectivity index (χ3v) is 4.20. The van der Waals surface area contributed by atoms with E-state index in [0.717, 1.165) is 5.56 Å². The molecule has 0 fully saturated rings. The topological polar surface area (TPSA) is 38.8 Å². The van der Waals surface area contributed by atoms with Crippen molar-refractivity contribution in [1.29, 1.82) is 0 Å². The third-order valence-electron chi connectivity index (χ3n) is 3.46. The maximum Gasteiger partial charge on any atom is 0.254 e. The molecule has 0 radical (unpaired) electrons. The van der Waals surface area contributed by atoms with Crippen molar-refractivity contribution >= 4 is 29.1 Å². The van der Waals surface area contributed by atoms with Crippen molar-refractivity contribution in [2.75, 3.05) is 20.8 Å². The lowest BCUT2D eigenvalue weighted by Crippen LogP contribution is -2.26. The van der Waals surface area contributed by atoms with Gasteiger partial charge in [0.1, 0.15) is 0 Å². The van der Waals surface area contributed by atoms with Crippen LogP contribution in [0.15, 0.2) is 36.4 Å². The molecule has 4 nitrogen and oxygen atoms in total. The molecule has 2 aromatic carbocycles. The first-order valence-corrected chi connectivity index (χ1v) is 8.22. The zero-order valence-electron chi connectivity index (χ0n) is 13.8. The number of carbonyl (C=O) groups excluding carboxylic acids is 1. The van der Waals surface area contributed by atoms with Crippen LogP contribution in [-0.4, -0.2) is 31.6 Å². The summed E-state index contributed by atoms with van der Waals surface area (Å²) in [5.74, 6) is 1.02. The average Bonchev–Trinajstić information content (AvgIpc) is 2.58. The Labute approximate surface area is 151 Å². The number of methoxy groups -OCH3 is 1. The fourth-order valence-corrected chi connectivity index (χ4v) is 2.60. The van der Waals surface area contributed by atoms with E-state index in [4.69, 9.17) is 32.7 Å². The highest BCUT2D eigenvalue weighted by atomic mass is 35.5. The molecular formula is C18H19Cl2NO3. The number of hydrogen-bond donors (Lipinski definition) is 0. The van der Waals surface area contributed by atoms with Crippen molar-refractivity contribution < 1.29 is 14.3 Å². The van der Waals surface area contributed by atoms with Crippen molar-refractivity contribution in [2.24, 2.45) is 0 Å². The van der Waals surface area contributed by atoms with E-state index in [9.17, 15) is 4.79 Å². The van der Waals surface area contributed by atoms with Gasteiger partial charge in [0.15, 0.2) is 11.5 Å². The first-order chi connectivity index (χ1) is 11.5. The van der Waals surface area contributed by atoms with E-state index in [-0.39, 0.29) is 5.91 Å². The van der Waals surface area contributed by atoms with Crippen LogP contribution in [0, 0.1) is 0 Å². The Balaban J connectivity index is 2.16. The van der Waals surface area contributed by atoms with Gasteiger partial charge in [-0.25, -0.2) is 0 Å². The van der Waals surface area contributed by atoms with Gasteiger partial charge < -0.3 is 14.4 Å². The molecule has 2 rings (SSSR count). The van der Waals surface area contributed by atoms with Gasteiger partial charge in [0.05, 0.1) is 23.8 Å². The second-order valence-electron chi connectivity index (χ2n) is 5.21. The van der Waals surface area contributed by atoms with E-state index < -0.39 is 0 Å². The summed E-state index contributed by atoms with van der Waals surface area (Å²) in [5, 5.41) is 0.961. The van der Waals surface area contributed by atoms with E-state index in [1.165, 1.54) is 0 Å². The number of rotatable bonds is 6. The maximum atomic E-state index is 12.6. The Morgan fingerprint density at radius 2 is 1.83 bits per heavy atom. The van der Waals surface area contributed by atoms with Gasteiger partial charge in [-0.15, -0.1) is 0 Å². The van der Waals surface area contributed by atoms with Crippen LogP contribution in [0.2, 0.25) is 10.0 Å². The number of benzene rings is 2. The van der Waals surface area contributed by atoms with E-state index >= 15 is 0 Å². The number of hydrogen-bond acceptors (Lipinski definition) is 3. The quantitative estimate of drug-likeness (QED) is 0.744. The SMILES string of the molecule is CCOc1ccc(C(=O)N(C)Cc2ccc(Cl)c(Cl)c2)cc1OC. The lowest BCUT2D eigenvalue weighted by atomic mass is 10.1. The molecule has 6 heteroatoms. The normalized spacial score (nSPS) is 10.4. The highest BCUT2D eigenvalue weighted by molar-refractivity contribution is 6.42. The largest absolute Gasteiger partial charge is 0.493 e. The zero-order chi connectivity index (χ0) is 17.7. The minimum Gasteiger partial charge on any atom is -0.493 e. The van der Waals surface area contributed by atoms with Crippen LogP contribution in [-0.2, 0) is 6.54 Å². The average molecular weight is 368 g/mol. The number of nitrogens with zero attached hydrogens (tertiary/aromatic N) is 1. The van der Waals surface area contributed by atoms with E-state index in [2.05, 4.69) is 0 Å². The lowest BCUT2D eigenvalue weighted by Gasteiger charge is -2.18. The van der Waals surface area contributed by atoms with Crippen LogP contribution in [0.1, 0.15) is 22.8 Å². The van der Waals surface area contributed by atoms with Gasteiger partial charge in [-0.05, 0) is 42.8 Å². The standard InChI is InChI=1S/C18H19Cl2NO3/c1-4-24-16-8-6-13(10-17(16)23-3)18(22)21(2)11-12-5-7-14(19)15(20)9-12/h5-10H,4,11H2,1-3H3. The van der Waals surface area contributed by atoms with Crippen LogP contribution >= 0.6 is 23.2 Å². The highest BCUT2D eigenvalue weighted by Gasteiger charge is 2.15. The molecule has 0 saturated carbocycles. The summed E-state index contributed by atoms with van der Waals surface area (Å²) in [6.07, 6.45) is 0. The first kappa shape index (κ1) is 18.4. The second kappa shape index (κ2) is 8.27. The molecule has 1 amide bonds. The summed E-state index contributed by atoms with van der Waals surface area (Å²) in [4.78, 5) is 14.2. The summed E-state index contributed by atoms with van der Waals surface area (Å²) in [6, 6.07) is 10.5. The van der Waals surface area contributed by atoms with Gasteiger partial charge in [-0.1, -0.05) is 29.3 Å². The summed E-state index contributed by atoms with van der Waals surface area (Å²) >= 11 is 11.9. The highest BCUT2D eigenvalue weighted by Crippen LogP contribution is 2.29. The summed E-state index contributed by atoms with van der Waals surface area (Å²) < 4.78 is 10.8. The summed E-state index contributed by atoms with van der Waals surface area (Å²) in [5.41, 5.74) is 1.43. The molecule has 2 aromatic rings. The molecule has 0 spiro atoms. The Morgan fingerprint density at radius 3 is 2.46 bits per heavy atom. The van der Waals surface area contributed by atoms with Crippen LogP contribution in [0.3, 0.4) is 0 Å². The predicted octanol–water partition coefficient (Wildman–Crippen LogP) is 4.67. The number of ether oxygens (including phenoxy) is 2. The predicted molar refractivity (Wildman–Crippen MR) is 96.4 cm³/mol. The molecule has 0 aliphatic rings. The van der Waals surface area contributed by atoms with Crippen molar-refractivity contribution in [3.63, 3.8) is 0 Å². The van der Waals surface area contributed by atoms with Crippen LogP contribution in [0.25, 0.3) is 0 Å². The Bertz CT molecular complexity index is 734. The van der Waals surface area contributed by atoms with E-state index in [1.54, 1.807) is 49.4 Å². The maximum absolute atomic E-state index is 12.6. The molecule has 0 saturated heterocycles. The van der Waals surface area contributed by atoms with E-state index in [0.29, 0.717) is 40.3 Å². The Kier molecular flexibility index (Phi) is 6.35. The molecule has 0 aromatic heterocycles. The van der Waals surface area contributed by atoms with E-state index in [1.807, 2.05) is 13.0 Å². The van der Waals surface area contributed by atoms with Gasteiger partial charge in [0.2, 0.25) is 0 Å². The van der Waals surface area contributed by atoms with Crippen LogP contribution in [0.4, 0.5) is 0 Å². The Hall–Kier alpha value is -1.91. The van der Waals surface area contributed by atoms with Gasteiger partial charge in [0.25, 0.3) is 5.91 Å². The fraction of sp³-hybridized carbons (Fsp3) is 0.278.